The van der Waals surface area contributed by atoms with Crippen LogP contribution >= 0.6 is 0 Å². The van der Waals surface area contributed by atoms with E-state index in [4.69, 9.17) is 14.0 Å². The first-order valence-electron chi connectivity index (χ1n) is 4.36. The van der Waals surface area contributed by atoms with Gasteiger partial charge in [0.2, 0.25) is 0 Å². The lowest BCUT2D eigenvalue weighted by atomic mass is 9.73. The van der Waals surface area contributed by atoms with Crippen molar-refractivity contribution in [1.29, 1.82) is 0 Å². The van der Waals surface area contributed by atoms with E-state index in [2.05, 4.69) is 13.8 Å². The van der Waals surface area contributed by atoms with Gasteiger partial charge in [-0.3, -0.25) is 0 Å². The second kappa shape index (κ2) is 3.77. The van der Waals surface area contributed by atoms with E-state index in [1.807, 2.05) is 6.92 Å². The first kappa shape index (κ1) is 10.0. The lowest BCUT2D eigenvalue weighted by Crippen LogP contribution is -2.49. The Morgan fingerprint density at radius 2 is 1.83 bits per heavy atom. The van der Waals surface area contributed by atoms with Crippen LogP contribution in [0.25, 0.3) is 0 Å². The van der Waals surface area contributed by atoms with Crippen LogP contribution in [0.4, 0.5) is 0 Å². The van der Waals surface area contributed by atoms with Crippen LogP contribution in [-0.4, -0.2) is 33.0 Å². The molecule has 0 aliphatic carbocycles. The van der Waals surface area contributed by atoms with Crippen LogP contribution in [0.5, 0.6) is 0 Å². The molecule has 0 saturated carbocycles. The zero-order valence-electron chi connectivity index (χ0n) is 8.29. The SMILES string of the molecule is COC1(C)COB(C(C)C)OC1. The molecule has 1 aliphatic heterocycles. The van der Waals surface area contributed by atoms with Crippen molar-refractivity contribution in [3.8, 4) is 0 Å². The smallest absolute Gasteiger partial charge is 0.408 e. The fourth-order valence-corrected chi connectivity index (χ4v) is 1.11. The van der Waals surface area contributed by atoms with Gasteiger partial charge >= 0.3 is 7.12 Å². The molecule has 0 radical (unpaired) electrons. The Labute approximate surface area is 74.5 Å². The molecule has 0 bridgehead atoms. The molecule has 0 amide bonds. The van der Waals surface area contributed by atoms with Crippen LogP contribution in [0.3, 0.4) is 0 Å². The highest BCUT2D eigenvalue weighted by atomic mass is 16.6. The third-order valence-corrected chi connectivity index (χ3v) is 2.14. The summed E-state index contributed by atoms with van der Waals surface area (Å²) >= 11 is 0. The van der Waals surface area contributed by atoms with Gasteiger partial charge in [0.15, 0.2) is 0 Å². The van der Waals surface area contributed by atoms with E-state index in [-0.39, 0.29) is 12.7 Å². The highest BCUT2D eigenvalue weighted by Crippen LogP contribution is 2.21. The molecule has 1 heterocycles. The number of ether oxygens (including phenoxy) is 1. The zero-order valence-corrected chi connectivity index (χ0v) is 8.29. The fraction of sp³-hybridized carbons (Fsp3) is 1.00. The normalized spacial score (nSPS) is 23.2. The highest BCUT2D eigenvalue weighted by Gasteiger charge is 2.36. The number of rotatable bonds is 2. The quantitative estimate of drug-likeness (QED) is 0.588. The van der Waals surface area contributed by atoms with E-state index < -0.39 is 0 Å². The van der Waals surface area contributed by atoms with Gasteiger partial charge in [0.05, 0.1) is 13.2 Å². The van der Waals surface area contributed by atoms with Crippen LogP contribution in [0.15, 0.2) is 0 Å². The predicted molar refractivity (Wildman–Crippen MR) is 48.2 cm³/mol. The van der Waals surface area contributed by atoms with Crippen LogP contribution in [-0.2, 0) is 14.0 Å². The Morgan fingerprint density at radius 1 is 1.33 bits per heavy atom. The molecule has 0 aromatic rings. The largest absolute Gasteiger partial charge is 0.459 e. The molecule has 3 nitrogen and oxygen atoms in total. The second-order valence-corrected chi connectivity index (χ2v) is 3.89. The van der Waals surface area contributed by atoms with E-state index in [1.54, 1.807) is 7.11 Å². The standard InChI is InChI=1S/C8H17BO3/c1-7(2)9-11-5-8(3,10-4)6-12-9/h7H,5-6H2,1-4H3. The predicted octanol–water partition coefficient (Wildman–Crippen LogP) is 1.34. The van der Waals surface area contributed by atoms with Crippen molar-refractivity contribution >= 4 is 7.12 Å². The summed E-state index contributed by atoms with van der Waals surface area (Å²) < 4.78 is 16.3. The monoisotopic (exact) mass is 172 g/mol. The summed E-state index contributed by atoms with van der Waals surface area (Å²) in [6.07, 6.45) is 0. The van der Waals surface area contributed by atoms with E-state index in [1.165, 1.54) is 0 Å². The van der Waals surface area contributed by atoms with Gasteiger partial charge in [-0.05, 0) is 12.7 Å². The molecule has 0 unspecified atom stereocenters. The van der Waals surface area contributed by atoms with Crippen molar-refractivity contribution in [2.24, 2.45) is 0 Å². The second-order valence-electron chi connectivity index (χ2n) is 3.89. The van der Waals surface area contributed by atoms with Crippen molar-refractivity contribution in [3.05, 3.63) is 0 Å². The van der Waals surface area contributed by atoms with Gasteiger partial charge in [-0.2, -0.15) is 0 Å². The van der Waals surface area contributed by atoms with Gasteiger partial charge in [-0.15, -0.1) is 0 Å². The van der Waals surface area contributed by atoms with Gasteiger partial charge in [-0.1, -0.05) is 13.8 Å². The fourth-order valence-electron chi connectivity index (χ4n) is 1.11. The number of hydrogen-bond donors (Lipinski definition) is 0. The summed E-state index contributed by atoms with van der Waals surface area (Å²) in [7, 11) is 1.62. The minimum atomic E-state index is -0.259. The molecule has 12 heavy (non-hydrogen) atoms. The van der Waals surface area contributed by atoms with E-state index in [9.17, 15) is 0 Å². The minimum absolute atomic E-state index is 0.0618. The van der Waals surface area contributed by atoms with Crippen LogP contribution in [0.1, 0.15) is 20.8 Å². The Kier molecular flexibility index (Phi) is 3.15. The van der Waals surface area contributed by atoms with E-state index in [0.717, 1.165) is 0 Å². The van der Waals surface area contributed by atoms with Crippen molar-refractivity contribution < 1.29 is 14.0 Å². The molecule has 1 saturated heterocycles. The molecule has 70 valence electrons. The molecule has 0 spiro atoms. The Hall–Kier alpha value is -0.0551. The van der Waals surface area contributed by atoms with Crippen molar-refractivity contribution in [3.63, 3.8) is 0 Å². The van der Waals surface area contributed by atoms with Gasteiger partial charge in [-0.25, -0.2) is 0 Å². The molecule has 0 atom stereocenters. The lowest BCUT2D eigenvalue weighted by molar-refractivity contribution is -0.0959. The van der Waals surface area contributed by atoms with Gasteiger partial charge in [0.25, 0.3) is 0 Å². The first-order valence-corrected chi connectivity index (χ1v) is 4.36. The Bertz CT molecular complexity index is 141. The minimum Gasteiger partial charge on any atom is -0.408 e. The zero-order chi connectivity index (χ0) is 9.19. The average Bonchev–Trinajstić information content (AvgIpc) is 2.05. The molecule has 4 heteroatoms. The van der Waals surface area contributed by atoms with Crippen molar-refractivity contribution in [2.45, 2.75) is 32.2 Å². The summed E-state index contributed by atoms with van der Waals surface area (Å²) in [5, 5.41) is 0. The topological polar surface area (TPSA) is 27.7 Å². The molecule has 0 aromatic heterocycles. The van der Waals surface area contributed by atoms with Crippen molar-refractivity contribution in [2.75, 3.05) is 20.3 Å². The summed E-state index contributed by atoms with van der Waals surface area (Å²) in [6, 6.07) is 0. The maximum absolute atomic E-state index is 5.50. The molecular formula is C8H17BO3. The molecule has 0 aromatic carbocycles. The third-order valence-electron chi connectivity index (χ3n) is 2.14. The Balaban J connectivity index is 2.39. The van der Waals surface area contributed by atoms with Gasteiger partial charge in [0.1, 0.15) is 5.60 Å². The van der Waals surface area contributed by atoms with E-state index in [0.29, 0.717) is 19.0 Å². The third kappa shape index (κ3) is 2.22. The molecular weight excluding hydrogens is 155 g/mol. The van der Waals surface area contributed by atoms with E-state index >= 15 is 0 Å². The summed E-state index contributed by atoms with van der Waals surface area (Å²) in [5.74, 6) is 0.409. The summed E-state index contributed by atoms with van der Waals surface area (Å²) in [4.78, 5) is 0. The maximum atomic E-state index is 5.50. The average molecular weight is 172 g/mol. The highest BCUT2D eigenvalue weighted by molar-refractivity contribution is 6.46. The van der Waals surface area contributed by atoms with Gasteiger partial charge < -0.3 is 14.0 Å². The summed E-state index contributed by atoms with van der Waals surface area (Å²) in [5.41, 5.74) is -0.259. The number of hydrogen-bond acceptors (Lipinski definition) is 3. The van der Waals surface area contributed by atoms with Crippen LogP contribution in [0.2, 0.25) is 5.82 Å². The van der Waals surface area contributed by atoms with Crippen molar-refractivity contribution in [1.82, 2.24) is 0 Å². The number of methoxy groups -OCH3 is 1. The Morgan fingerprint density at radius 3 is 2.17 bits per heavy atom. The molecule has 1 fully saturated rings. The molecule has 1 aliphatic rings. The summed E-state index contributed by atoms with van der Waals surface area (Å²) in [6.45, 7) is 7.39. The maximum Gasteiger partial charge on any atom is 0.459 e. The first-order chi connectivity index (χ1) is 5.57. The molecule has 0 N–H and O–H groups in total. The van der Waals surface area contributed by atoms with Crippen LogP contribution < -0.4 is 0 Å². The lowest BCUT2D eigenvalue weighted by Gasteiger charge is -2.36. The van der Waals surface area contributed by atoms with Crippen LogP contribution in [0, 0.1) is 0 Å². The van der Waals surface area contributed by atoms with Gasteiger partial charge in [0, 0.05) is 7.11 Å². The molecule has 1 rings (SSSR count).